The van der Waals surface area contributed by atoms with Crippen LogP contribution in [0, 0.1) is 0 Å². The summed E-state index contributed by atoms with van der Waals surface area (Å²) in [5.41, 5.74) is 0.309. The number of hydrogen-bond donors (Lipinski definition) is 1. The Labute approximate surface area is 104 Å². The third-order valence-corrected chi connectivity index (χ3v) is 3.02. The van der Waals surface area contributed by atoms with Crippen molar-refractivity contribution in [3.05, 3.63) is 27.7 Å². The number of halogens is 2. The molecule has 16 heavy (non-hydrogen) atoms. The molecule has 1 aromatic carbocycles. The van der Waals surface area contributed by atoms with Gasteiger partial charge in [0.2, 0.25) is 0 Å². The number of carbonyl (C=O) groups is 1. The van der Waals surface area contributed by atoms with E-state index in [4.69, 9.17) is 27.9 Å². The Morgan fingerprint density at radius 1 is 1.38 bits per heavy atom. The van der Waals surface area contributed by atoms with Gasteiger partial charge in [0.05, 0.1) is 17.2 Å². The molecular formula is C11H11Cl2NO2. The summed E-state index contributed by atoms with van der Waals surface area (Å²) in [5.74, 6) is 0.0965. The van der Waals surface area contributed by atoms with Crippen LogP contribution in [0.4, 0.5) is 0 Å². The molecule has 1 saturated carbocycles. The molecule has 86 valence electrons. The Kier molecular flexibility index (Phi) is 3.26. The fourth-order valence-corrected chi connectivity index (χ4v) is 1.90. The number of carbonyl (C=O) groups excluding carboxylic acids is 1. The Morgan fingerprint density at radius 3 is 2.56 bits per heavy atom. The molecule has 0 spiro atoms. The SMILES string of the molecule is COc1c(Cl)ccc(Cl)c1C(=O)NC1CC1. The first-order valence-electron chi connectivity index (χ1n) is 4.96. The van der Waals surface area contributed by atoms with Crippen molar-refractivity contribution in [2.75, 3.05) is 7.11 Å². The summed E-state index contributed by atoms with van der Waals surface area (Å²) in [6.07, 6.45) is 2.04. The topological polar surface area (TPSA) is 38.3 Å². The monoisotopic (exact) mass is 259 g/mol. The zero-order valence-corrected chi connectivity index (χ0v) is 10.2. The van der Waals surface area contributed by atoms with Crippen LogP contribution in [0.3, 0.4) is 0 Å². The number of rotatable bonds is 3. The minimum absolute atomic E-state index is 0.230. The third-order valence-electron chi connectivity index (χ3n) is 2.40. The Hall–Kier alpha value is -0.930. The van der Waals surface area contributed by atoms with Gasteiger partial charge in [0.1, 0.15) is 5.56 Å². The molecule has 0 bridgehead atoms. The van der Waals surface area contributed by atoms with Gasteiger partial charge in [0.15, 0.2) is 5.75 Å². The predicted octanol–water partition coefficient (Wildman–Crippen LogP) is 2.89. The van der Waals surface area contributed by atoms with Crippen LogP contribution in [-0.4, -0.2) is 19.1 Å². The van der Waals surface area contributed by atoms with Crippen molar-refractivity contribution in [3.8, 4) is 5.75 Å². The van der Waals surface area contributed by atoms with Crippen molar-refractivity contribution in [1.29, 1.82) is 0 Å². The highest BCUT2D eigenvalue weighted by Gasteiger charge is 2.27. The standard InChI is InChI=1S/C11H11Cl2NO2/c1-16-10-8(13)5-4-7(12)9(10)11(15)14-6-2-3-6/h4-6H,2-3H2,1H3,(H,14,15). The van der Waals surface area contributed by atoms with Crippen LogP contribution in [0.5, 0.6) is 5.75 Å². The van der Waals surface area contributed by atoms with Crippen molar-refractivity contribution in [1.82, 2.24) is 5.32 Å². The molecule has 1 aromatic rings. The maximum atomic E-state index is 11.9. The van der Waals surface area contributed by atoms with Crippen molar-refractivity contribution in [3.63, 3.8) is 0 Å². The Bertz CT molecular complexity index is 430. The smallest absolute Gasteiger partial charge is 0.256 e. The number of hydrogen-bond acceptors (Lipinski definition) is 2. The molecule has 3 nitrogen and oxygen atoms in total. The van der Waals surface area contributed by atoms with Crippen molar-refractivity contribution >= 4 is 29.1 Å². The molecule has 0 saturated heterocycles. The van der Waals surface area contributed by atoms with Crippen LogP contribution < -0.4 is 10.1 Å². The quantitative estimate of drug-likeness (QED) is 0.907. The second-order valence-corrected chi connectivity index (χ2v) is 4.50. The van der Waals surface area contributed by atoms with Crippen LogP contribution in [-0.2, 0) is 0 Å². The van der Waals surface area contributed by atoms with E-state index in [0.29, 0.717) is 21.4 Å². The fourth-order valence-electron chi connectivity index (χ4n) is 1.43. The van der Waals surface area contributed by atoms with Crippen LogP contribution in [0.2, 0.25) is 10.0 Å². The molecule has 0 aliphatic heterocycles. The van der Waals surface area contributed by atoms with Gasteiger partial charge in [0.25, 0.3) is 5.91 Å². The Morgan fingerprint density at radius 2 is 2.00 bits per heavy atom. The highest BCUT2D eigenvalue weighted by Crippen LogP contribution is 2.34. The van der Waals surface area contributed by atoms with Crippen molar-refractivity contribution in [2.45, 2.75) is 18.9 Å². The second kappa shape index (κ2) is 4.52. The molecule has 1 aliphatic carbocycles. The lowest BCUT2D eigenvalue weighted by atomic mass is 10.2. The predicted molar refractivity (Wildman–Crippen MR) is 63.5 cm³/mol. The van der Waals surface area contributed by atoms with E-state index < -0.39 is 0 Å². The van der Waals surface area contributed by atoms with E-state index in [1.54, 1.807) is 12.1 Å². The van der Waals surface area contributed by atoms with E-state index in [0.717, 1.165) is 12.8 Å². The van der Waals surface area contributed by atoms with Gasteiger partial charge in [0, 0.05) is 6.04 Å². The summed E-state index contributed by atoms with van der Waals surface area (Å²) >= 11 is 11.9. The molecule has 0 heterocycles. The lowest BCUT2D eigenvalue weighted by Crippen LogP contribution is -2.26. The number of amides is 1. The van der Waals surface area contributed by atoms with Gasteiger partial charge in [-0.3, -0.25) is 4.79 Å². The fraction of sp³-hybridized carbons (Fsp3) is 0.364. The van der Waals surface area contributed by atoms with Crippen molar-refractivity contribution < 1.29 is 9.53 Å². The molecule has 5 heteroatoms. The maximum absolute atomic E-state index is 11.9. The van der Waals surface area contributed by atoms with Gasteiger partial charge in [-0.1, -0.05) is 23.2 Å². The average molecular weight is 260 g/mol. The first kappa shape index (κ1) is 11.6. The summed E-state index contributed by atoms with van der Waals surface area (Å²) in [4.78, 5) is 11.9. The number of nitrogens with one attached hydrogen (secondary N) is 1. The molecule has 2 rings (SSSR count). The lowest BCUT2D eigenvalue weighted by Gasteiger charge is -2.11. The maximum Gasteiger partial charge on any atom is 0.256 e. The molecular weight excluding hydrogens is 249 g/mol. The first-order valence-corrected chi connectivity index (χ1v) is 5.72. The minimum atomic E-state index is -0.230. The molecule has 0 radical (unpaired) electrons. The molecule has 0 atom stereocenters. The second-order valence-electron chi connectivity index (χ2n) is 3.69. The summed E-state index contributed by atoms with van der Waals surface area (Å²) in [6.45, 7) is 0. The number of methoxy groups -OCH3 is 1. The van der Waals surface area contributed by atoms with Crippen LogP contribution in [0.15, 0.2) is 12.1 Å². The molecule has 1 N–H and O–H groups in total. The molecule has 1 amide bonds. The van der Waals surface area contributed by atoms with E-state index in [9.17, 15) is 4.79 Å². The number of benzene rings is 1. The van der Waals surface area contributed by atoms with E-state index in [2.05, 4.69) is 5.32 Å². The highest BCUT2D eigenvalue weighted by molar-refractivity contribution is 6.37. The molecule has 1 aliphatic rings. The molecule has 0 aromatic heterocycles. The normalized spacial score (nSPS) is 14.7. The van der Waals surface area contributed by atoms with Crippen LogP contribution in [0.25, 0.3) is 0 Å². The number of ether oxygens (including phenoxy) is 1. The molecule has 0 unspecified atom stereocenters. The van der Waals surface area contributed by atoms with Crippen LogP contribution >= 0.6 is 23.2 Å². The zero-order valence-electron chi connectivity index (χ0n) is 8.72. The van der Waals surface area contributed by atoms with E-state index in [1.807, 2.05) is 0 Å². The van der Waals surface area contributed by atoms with Gasteiger partial charge >= 0.3 is 0 Å². The third kappa shape index (κ3) is 2.25. The minimum Gasteiger partial charge on any atom is -0.494 e. The highest BCUT2D eigenvalue weighted by atomic mass is 35.5. The Balaban J connectivity index is 2.35. The first-order chi connectivity index (χ1) is 7.63. The van der Waals surface area contributed by atoms with Gasteiger partial charge in [-0.05, 0) is 25.0 Å². The van der Waals surface area contributed by atoms with E-state index >= 15 is 0 Å². The zero-order chi connectivity index (χ0) is 11.7. The summed E-state index contributed by atoms with van der Waals surface area (Å²) in [5, 5.41) is 3.58. The summed E-state index contributed by atoms with van der Waals surface area (Å²) in [7, 11) is 1.46. The molecule has 1 fully saturated rings. The van der Waals surface area contributed by atoms with E-state index in [-0.39, 0.29) is 11.9 Å². The summed E-state index contributed by atoms with van der Waals surface area (Å²) in [6, 6.07) is 3.47. The van der Waals surface area contributed by atoms with E-state index in [1.165, 1.54) is 7.11 Å². The average Bonchev–Trinajstić information content (AvgIpc) is 3.04. The van der Waals surface area contributed by atoms with Gasteiger partial charge < -0.3 is 10.1 Å². The lowest BCUT2D eigenvalue weighted by molar-refractivity contribution is 0.0948. The van der Waals surface area contributed by atoms with Crippen molar-refractivity contribution in [2.24, 2.45) is 0 Å². The van der Waals surface area contributed by atoms with Gasteiger partial charge in [-0.25, -0.2) is 0 Å². The largest absolute Gasteiger partial charge is 0.494 e. The van der Waals surface area contributed by atoms with Gasteiger partial charge in [-0.2, -0.15) is 0 Å². The summed E-state index contributed by atoms with van der Waals surface area (Å²) < 4.78 is 5.10. The van der Waals surface area contributed by atoms with Gasteiger partial charge in [-0.15, -0.1) is 0 Å². The van der Waals surface area contributed by atoms with Crippen LogP contribution in [0.1, 0.15) is 23.2 Å².